The molecule has 1 aromatic rings. The van der Waals surface area contributed by atoms with Crippen molar-refractivity contribution in [2.75, 3.05) is 13.1 Å². The molecule has 0 unspecified atom stereocenters. The van der Waals surface area contributed by atoms with Crippen LogP contribution in [0.5, 0.6) is 0 Å². The number of carbonyl (C=O) groups is 2. The largest absolute Gasteiger partial charge is 0.356 e. The Kier molecular flexibility index (Phi) is 8.65. The highest BCUT2D eigenvalue weighted by Crippen LogP contribution is 2.01. The van der Waals surface area contributed by atoms with Crippen molar-refractivity contribution < 1.29 is 9.59 Å². The Hall–Kier alpha value is -2.10. The molecule has 120 valence electrons. The Morgan fingerprint density at radius 3 is 2.36 bits per heavy atom. The molecule has 0 aromatic heterocycles. The lowest BCUT2D eigenvalue weighted by Gasteiger charge is -2.09. The van der Waals surface area contributed by atoms with Gasteiger partial charge < -0.3 is 10.6 Å². The molecule has 0 fully saturated rings. The Bertz CT molecular complexity index is 483. The lowest BCUT2D eigenvalue weighted by atomic mass is 10.1. The van der Waals surface area contributed by atoms with E-state index in [1.165, 1.54) is 0 Å². The van der Waals surface area contributed by atoms with E-state index < -0.39 is 0 Å². The summed E-state index contributed by atoms with van der Waals surface area (Å²) in [5, 5.41) is 5.74. The Morgan fingerprint density at radius 2 is 1.73 bits per heavy atom. The summed E-state index contributed by atoms with van der Waals surface area (Å²) in [6.07, 6.45) is 5.91. The number of rotatable bonds is 9. The monoisotopic (exact) mass is 302 g/mol. The van der Waals surface area contributed by atoms with Crippen LogP contribution < -0.4 is 10.6 Å². The third-order valence-electron chi connectivity index (χ3n) is 3.49. The van der Waals surface area contributed by atoms with Gasteiger partial charge in [-0.15, -0.1) is 0 Å². The number of unbranched alkanes of at least 4 members (excludes halogenated alkanes) is 1. The summed E-state index contributed by atoms with van der Waals surface area (Å²) >= 11 is 0. The second-order valence-corrected chi connectivity index (χ2v) is 5.34. The summed E-state index contributed by atoms with van der Waals surface area (Å²) < 4.78 is 0. The zero-order valence-electron chi connectivity index (χ0n) is 13.5. The first-order valence-electron chi connectivity index (χ1n) is 7.92. The van der Waals surface area contributed by atoms with Crippen molar-refractivity contribution in [3.63, 3.8) is 0 Å². The Labute approximate surface area is 133 Å². The van der Waals surface area contributed by atoms with Gasteiger partial charge in [-0.1, -0.05) is 44.2 Å². The number of benzene rings is 1. The number of hydrogen-bond donors (Lipinski definition) is 2. The molecule has 4 heteroatoms. The van der Waals surface area contributed by atoms with Crippen LogP contribution in [-0.4, -0.2) is 24.9 Å². The smallest absolute Gasteiger partial charge is 0.243 e. The number of hydrogen-bond acceptors (Lipinski definition) is 2. The molecule has 0 aliphatic carbocycles. The molecule has 4 nitrogen and oxygen atoms in total. The lowest BCUT2D eigenvalue weighted by Crippen LogP contribution is -2.30. The van der Waals surface area contributed by atoms with E-state index in [2.05, 4.69) is 10.6 Å². The molecule has 22 heavy (non-hydrogen) atoms. The van der Waals surface area contributed by atoms with E-state index in [4.69, 9.17) is 0 Å². The van der Waals surface area contributed by atoms with Crippen molar-refractivity contribution in [1.29, 1.82) is 0 Å². The topological polar surface area (TPSA) is 58.2 Å². The molecule has 0 saturated carbocycles. The fraction of sp³-hybridized carbons (Fsp3) is 0.444. The molecule has 2 amide bonds. The highest BCUT2D eigenvalue weighted by molar-refractivity contribution is 5.91. The standard InChI is InChI=1S/C18H26N2O2/c1-3-15(2)18(22)20-14-8-7-13-19-17(21)12-11-16-9-5-4-6-10-16/h4-6,9-12,15H,3,7-8,13-14H2,1-2H3,(H,19,21)(H,20,22)/b12-11+/t15-/m0/s1. The normalized spacial score (nSPS) is 12.1. The van der Waals surface area contributed by atoms with Gasteiger partial charge in [0.25, 0.3) is 0 Å². The molecular weight excluding hydrogens is 276 g/mol. The van der Waals surface area contributed by atoms with E-state index in [9.17, 15) is 9.59 Å². The molecule has 0 aliphatic rings. The summed E-state index contributed by atoms with van der Waals surface area (Å²) in [6.45, 7) is 5.22. The van der Waals surface area contributed by atoms with E-state index in [-0.39, 0.29) is 17.7 Å². The molecule has 0 spiro atoms. The van der Waals surface area contributed by atoms with E-state index in [0.717, 1.165) is 24.8 Å². The van der Waals surface area contributed by atoms with Crippen molar-refractivity contribution >= 4 is 17.9 Å². The molecular formula is C18H26N2O2. The predicted octanol–water partition coefficient (Wildman–Crippen LogP) is 2.76. The van der Waals surface area contributed by atoms with Crippen LogP contribution in [0.2, 0.25) is 0 Å². The first kappa shape index (κ1) is 18.0. The van der Waals surface area contributed by atoms with E-state index in [0.29, 0.717) is 13.1 Å². The van der Waals surface area contributed by atoms with Crippen molar-refractivity contribution in [2.24, 2.45) is 5.92 Å². The van der Waals surface area contributed by atoms with Gasteiger partial charge in [0.05, 0.1) is 0 Å². The second kappa shape index (κ2) is 10.6. The van der Waals surface area contributed by atoms with Crippen LogP contribution in [0.4, 0.5) is 0 Å². The van der Waals surface area contributed by atoms with Crippen molar-refractivity contribution in [3.8, 4) is 0 Å². The van der Waals surface area contributed by atoms with E-state index in [1.54, 1.807) is 12.2 Å². The van der Waals surface area contributed by atoms with Gasteiger partial charge >= 0.3 is 0 Å². The molecule has 1 atom stereocenters. The summed E-state index contributed by atoms with van der Waals surface area (Å²) in [5.41, 5.74) is 1.01. The van der Waals surface area contributed by atoms with Gasteiger partial charge in [-0.05, 0) is 30.9 Å². The van der Waals surface area contributed by atoms with Gasteiger partial charge in [0.2, 0.25) is 11.8 Å². The van der Waals surface area contributed by atoms with Crippen LogP contribution in [-0.2, 0) is 9.59 Å². The average Bonchev–Trinajstić information content (AvgIpc) is 2.56. The number of amides is 2. The summed E-state index contributed by atoms with van der Waals surface area (Å²) in [4.78, 5) is 23.2. The molecule has 0 heterocycles. The molecule has 1 rings (SSSR count). The Balaban J connectivity index is 2.08. The van der Waals surface area contributed by atoms with Gasteiger partial charge in [0, 0.05) is 25.1 Å². The first-order chi connectivity index (χ1) is 10.6. The summed E-state index contributed by atoms with van der Waals surface area (Å²) in [5.74, 6) is 0.0904. The number of carbonyl (C=O) groups excluding carboxylic acids is 2. The van der Waals surface area contributed by atoms with Gasteiger partial charge in [-0.3, -0.25) is 9.59 Å². The van der Waals surface area contributed by atoms with Crippen LogP contribution in [0.1, 0.15) is 38.7 Å². The highest BCUT2D eigenvalue weighted by atomic mass is 16.2. The Morgan fingerprint density at radius 1 is 1.09 bits per heavy atom. The molecule has 0 bridgehead atoms. The fourth-order valence-corrected chi connectivity index (χ4v) is 1.83. The summed E-state index contributed by atoms with van der Waals surface area (Å²) in [6, 6.07) is 9.71. The van der Waals surface area contributed by atoms with Gasteiger partial charge in [0.15, 0.2) is 0 Å². The van der Waals surface area contributed by atoms with Gasteiger partial charge in [-0.2, -0.15) is 0 Å². The zero-order chi connectivity index (χ0) is 16.2. The SMILES string of the molecule is CC[C@H](C)C(=O)NCCCCNC(=O)/C=C/c1ccccc1. The van der Waals surface area contributed by atoms with Gasteiger partial charge in [0.1, 0.15) is 0 Å². The van der Waals surface area contributed by atoms with Crippen molar-refractivity contribution in [3.05, 3.63) is 42.0 Å². The highest BCUT2D eigenvalue weighted by Gasteiger charge is 2.08. The quantitative estimate of drug-likeness (QED) is 0.544. The number of nitrogens with one attached hydrogen (secondary N) is 2. The van der Waals surface area contributed by atoms with Crippen LogP contribution in [0, 0.1) is 5.92 Å². The van der Waals surface area contributed by atoms with E-state index in [1.807, 2.05) is 44.2 Å². The third kappa shape index (κ3) is 7.62. The van der Waals surface area contributed by atoms with E-state index >= 15 is 0 Å². The molecule has 0 radical (unpaired) electrons. The second-order valence-electron chi connectivity index (χ2n) is 5.34. The van der Waals surface area contributed by atoms with Crippen LogP contribution in [0.25, 0.3) is 6.08 Å². The molecule has 0 aliphatic heterocycles. The lowest BCUT2D eigenvalue weighted by molar-refractivity contribution is -0.124. The molecule has 1 aromatic carbocycles. The van der Waals surface area contributed by atoms with Crippen LogP contribution in [0.3, 0.4) is 0 Å². The third-order valence-corrected chi connectivity index (χ3v) is 3.49. The van der Waals surface area contributed by atoms with Gasteiger partial charge in [-0.25, -0.2) is 0 Å². The van der Waals surface area contributed by atoms with Crippen molar-refractivity contribution in [2.45, 2.75) is 33.1 Å². The minimum absolute atomic E-state index is 0.0721. The minimum atomic E-state index is -0.0903. The van der Waals surface area contributed by atoms with Crippen LogP contribution >= 0.6 is 0 Å². The first-order valence-corrected chi connectivity index (χ1v) is 7.92. The fourth-order valence-electron chi connectivity index (χ4n) is 1.83. The summed E-state index contributed by atoms with van der Waals surface area (Å²) in [7, 11) is 0. The molecule has 0 saturated heterocycles. The molecule has 2 N–H and O–H groups in total. The predicted molar refractivity (Wildman–Crippen MR) is 90.2 cm³/mol. The average molecular weight is 302 g/mol. The minimum Gasteiger partial charge on any atom is -0.356 e. The van der Waals surface area contributed by atoms with Crippen LogP contribution in [0.15, 0.2) is 36.4 Å². The zero-order valence-corrected chi connectivity index (χ0v) is 13.5. The van der Waals surface area contributed by atoms with Crippen molar-refractivity contribution in [1.82, 2.24) is 10.6 Å². The maximum Gasteiger partial charge on any atom is 0.243 e. The maximum atomic E-state index is 11.6. The maximum absolute atomic E-state index is 11.6.